The van der Waals surface area contributed by atoms with Crippen molar-refractivity contribution >= 4 is 28.3 Å². The summed E-state index contributed by atoms with van der Waals surface area (Å²) in [5.74, 6) is -0.244. The molecule has 0 atom stereocenters. The lowest BCUT2D eigenvalue weighted by Gasteiger charge is -2.27. The Hall–Kier alpha value is -1.19. The molecule has 1 fully saturated rings. The molecule has 0 radical (unpaired) electrons. The van der Waals surface area contributed by atoms with Crippen LogP contribution in [0.25, 0.3) is 0 Å². The van der Waals surface area contributed by atoms with Crippen LogP contribution in [0.5, 0.6) is 0 Å². The number of carbonyl (C=O) groups is 1. The number of rotatable bonds is 7. The quantitative estimate of drug-likeness (QED) is 0.593. The molecule has 9 heteroatoms. The molecule has 0 spiro atoms. The average Bonchev–Trinajstić information content (AvgIpc) is 2.57. The molecule has 1 saturated carbocycles. The molecule has 26 heavy (non-hydrogen) atoms. The van der Waals surface area contributed by atoms with Crippen molar-refractivity contribution in [3.8, 4) is 0 Å². The van der Waals surface area contributed by atoms with Gasteiger partial charge in [-0.1, -0.05) is 6.07 Å². The lowest BCUT2D eigenvalue weighted by Crippen LogP contribution is -2.40. The molecule has 0 saturated heterocycles. The van der Waals surface area contributed by atoms with Crippen LogP contribution in [-0.2, 0) is 14.8 Å². The minimum atomic E-state index is -3.67. The van der Waals surface area contributed by atoms with E-state index in [1.807, 2.05) is 0 Å². The van der Waals surface area contributed by atoms with Gasteiger partial charge in [0.25, 0.3) is 5.91 Å². The number of aryl methyl sites for hydroxylation is 1. The van der Waals surface area contributed by atoms with Gasteiger partial charge in [0, 0.05) is 31.3 Å². The van der Waals surface area contributed by atoms with Crippen molar-refractivity contribution in [2.24, 2.45) is 5.73 Å². The van der Waals surface area contributed by atoms with Crippen LogP contribution < -0.4 is 15.8 Å². The largest absolute Gasteiger partial charge is 0.383 e. The fraction of sp³-hybridized carbons (Fsp3) is 0.588. The van der Waals surface area contributed by atoms with E-state index in [4.69, 9.17) is 10.5 Å². The molecule has 1 amide bonds. The number of amides is 1. The van der Waals surface area contributed by atoms with Crippen molar-refractivity contribution in [2.45, 2.75) is 49.6 Å². The van der Waals surface area contributed by atoms with Gasteiger partial charge < -0.3 is 15.8 Å². The Morgan fingerprint density at radius 1 is 1.27 bits per heavy atom. The normalized spacial score (nSPS) is 20.3. The molecule has 0 bridgehead atoms. The first kappa shape index (κ1) is 22.9. The minimum Gasteiger partial charge on any atom is -0.383 e. The molecule has 0 unspecified atom stereocenters. The van der Waals surface area contributed by atoms with Crippen LogP contribution in [-0.4, -0.2) is 46.7 Å². The van der Waals surface area contributed by atoms with Crippen molar-refractivity contribution in [2.75, 3.05) is 20.3 Å². The number of halogens is 1. The predicted molar refractivity (Wildman–Crippen MR) is 103 cm³/mol. The fourth-order valence-corrected chi connectivity index (χ4v) is 3.94. The second-order valence-electron chi connectivity index (χ2n) is 6.45. The lowest BCUT2D eigenvalue weighted by molar-refractivity contribution is 0.0925. The summed E-state index contributed by atoms with van der Waals surface area (Å²) < 4.78 is 31.9. The predicted octanol–water partition coefficient (Wildman–Crippen LogP) is 1.34. The number of hydrogen-bond acceptors (Lipinski definition) is 5. The Morgan fingerprint density at radius 2 is 1.92 bits per heavy atom. The highest BCUT2D eigenvalue weighted by atomic mass is 35.5. The average molecular weight is 406 g/mol. The van der Waals surface area contributed by atoms with Crippen LogP contribution in [0.2, 0.25) is 0 Å². The Morgan fingerprint density at radius 3 is 2.54 bits per heavy atom. The summed E-state index contributed by atoms with van der Waals surface area (Å²) in [5.41, 5.74) is 7.00. The maximum atomic E-state index is 12.6. The highest BCUT2D eigenvalue weighted by Crippen LogP contribution is 2.19. The summed E-state index contributed by atoms with van der Waals surface area (Å²) in [7, 11) is -2.17. The topological polar surface area (TPSA) is 111 Å². The van der Waals surface area contributed by atoms with Gasteiger partial charge in [0.15, 0.2) is 0 Å². The Balaban J connectivity index is 0.00000338. The Labute approximate surface area is 161 Å². The summed E-state index contributed by atoms with van der Waals surface area (Å²) in [4.78, 5) is 12.7. The number of sulfonamides is 1. The molecule has 0 aliphatic heterocycles. The molecule has 0 heterocycles. The maximum absolute atomic E-state index is 12.6. The molecule has 0 aromatic heterocycles. The van der Waals surface area contributed by atoms with Crippen LogP contribution in [0.3, 0.4) is 0 Å². The van der Waals surface area contributed by atoms with E-state index in [0.29, 0.717) is 5.56 Å². The van der Waals surface area contributed by atoms with E-state index in [-0.39, 0.29) is 48.4 Å². The van der Waals surface area contributed by atoms with Gasteiger partial charge in [-0.2, -0.15) is 0 Å². The van der Waals surface area contributed by atoms with Crippen molar-refractivity contribution in [1.29, 1.82) is 0 Å². The van der Waals surface area contributed by atoms with Crippen molar-refractivity contribution < 1.29 is 17.9 Å². The van der Waals surface area contributed by atoms with Gasteiger partial charge in [0.1, 0.15) is 0 Å². The van der Waals surface area contributed by atoms with Gasteiger partial charge in [0.05, 0.1) is 11.5 Å². The standard InChI is InChI=1S/C17H27N3O4S.ClH/c1-12-3-8-15(25(22,23)19-9-10-24-2)11-16(12)17(21)20-14-6-4-13(18)5-7-14;/h3,8,11,13-14,19H,4-7,9-10,18H2,1-2H3,(H,20,21);1H. The maximum Gasteiger partial charge on any atom is 0.251 e. The first-order valence-electron chi connectivity index (χ1n) is 8.49. The monoisotopic (exact) mass is 405 g/mol. The van der Waals surface area contributed by atoms with Crippen LogP contribution in [0.1, 0.15) is 41.6 Å². The zero-order valence-corrected chi connectivity index (χ0v) is 16.8. The summed E-state index contributed by atoms with van der Waals surface area (Å²) in [6.07, 6.45) is 3.48. The fourth-order valence-electron chi connectivity index (χ4n) is 2.90. The SMILES string of the molecule is COCCNS(=O)(=O)c1ccc(C)c(C(=O)NC2CCC(N)CC2)c1.Cl. The van der Waals surface area contributed by atoms with Crippen molar-refractivity contribution in [3.63, 3.8) is 0 Å². The molecule has 148 valence electrons. The van der Waals surface area contributed by atoms with E-state index in [2.05, 4.69) is 10.0 Å². The molecule has 1 aliphatic rings. The van der Waals surface area contributed by atoms with Crippen LogP contribution >= 0.6 is 12.4 Å². The molecule has 2 rings (SSSR count). The van der Waals surface area contributed by atoms with E-state index in [9.17, 15) is 13.2 Å². The third kappa shape index (κ3) is 6.21. The lowest BCUT2D eigenvalue weighted by atomic mass is 9.91. The van der Waals surface area contributed by atoms with Gasteiger partial charge in [-0.3, -0.25) is 4.79 Å². The van der Waals surface area contributed by atoms with E-state index in [0.717, 1.165) is 31.2 Å². The number of nitrogens with two attached hydrogens (primary N) is 1. The number of methoxy groups -OCH3 is 1. The summed E-state index contributed by atoms with van der Waals surface area (Å²) in [5, 5.41) is 3.00. The van der Waals surface area contributed by atoms with Gasteiger partial charge in [-0.25, -0.2) is 13.1 Å². The smallest absolute Gasteiger partial charge is 0.251 e. The molecule has 1 aliphatic carbocycles. The zero-order chi connectivity index (χ0) is 18.4. The first-order valence-corrected chi connectivity index (χ1v) is 9.97. The van der Waals surface area contributed by atoms with Crippen molar-refractivity contribution in [1.82, 2.24) is 10.0 Å². The minimum absolute atomic E-state index is 0. The van der Waals surface area contributed by atoms with Gasteiger partial charge in [-0.15, -0.1) is 12.4 Å². The molecule has 1 aromatic rings. The summed E-state index contributed by atoms with van der Waals surface area (Å²) >= 11 is 0. The Kier molecular flexibility index (Phi) is 8.99. The second kappa shape index (κ2) is 10.2. The van der Waals surface area contributed by atoms with Crippen LogP contribution in [0.15, 0.2) is 23.1 Å². The molecule has 7 nitrogen and oxygen atoms in total. The van der Waals surface area contributed by atoms with Crippen LogP contribution in [0, 0.1) is 6.92 Å². The number of hydrogen-bond donors (Lipinski definition) is 3. The van der Waals surface area contributed by atoms with E-state index in [1.165, 1.54) is 19.2 Å². The highest BCUT2D eigenvalue weighted by molar-refractivity contribution is 7.89. The molecule has 4 N–H and O–H groups in total. The number of carbonyl (C=O) groups excluding carboxylic acids is 1. The number of ether oxygens (including phenoxy) is 1. The van der Waals surface area contributed by atoms with Gasteiger partial charge >= 0.3 is 0 Å². The Bertz CT molecular complexity index is 704. The highest BCUT2D eigenvalue weighted by Gasteiger charge is 2.22. The number of benzene rings is 1. The van der Waals surface area contributed by atoms with E-state index >= 15 is 0 Å². The second-order valence-corrected chi connectivity index (χ2v) is 8.22. The van der Waals surface area contributed by atoms with E-state index < -0.39 is 10.0 Å². The van der Waals surface area contributed by atoms with Crippen LogP contribution in [0.4, 0.5) is 0 Å². The summed E-state index contributed by atoms with van der Waals surface area (Å²) in [6, 6.07) is 4.87. The van der Waals surface area contributed by atoms with Gasteiger partial charge in [0.2, 0.25) is 10.0 Å². The molecular formula is C17H28ClN3O4S. The molecule has 1 aromatic carbocycles. The van der Waals surface area contributed by atoms with E-state index in [1.54, 1.807) is 13.0 Å². The summed E-state index contributed by atoms with van der Waals surface area (Å²) in [6.45, 7) is 2.25. The third-order valence-electron chi connectivity index (χ3n) is 4.47. The van der Waals surface area contributed by atoms with Crippen molar-refractivity contribution in [3.05, 3.63) is 29.3 Å². The van der Waals surface area contributed by atoms with Gasteiger partial charge in [-0.05, 0) is 50.3 Å². The molecular weight excluding hydrogens is 378 g/mol. The number of nitrogens with one attached hydrogen (secondary N) is 2. The third-order valence-corrected chi connectivity index (χ3v) is 5.93. The first-order chi connectivity index (χ1) is 11.8. The zero-order valence-electron chi connectivity index (χ0n) is 15.2.